The molecule has 0 saturated heterocycles. The molecular weight excluding hydrogens is 324 g/mol. The molecule has 0 aliphatic carbocycles. The Morgan fingerprint density at radius 3 is 2.23 bits per heavy atom. The average molecular weight is 352 g/mol. The smallest absolute Gasteiger partial charge is 0.228 e. The van der Waals surface area contributed by atoms with E-state index in [0.717, 1.165) is 22.5 Å². The first-order valence-electron chi connectivity index (χ1n) is 9.02. The summed E-state index contributed by atoms with van der Waals surface area (Å²) in [5.74, 6) is 0.243. The van der Waals surface area contributed by atoms with Crippen molar-refractivity contribution in [2.75, 3.05) is 23.4 Å². The van der Waals surface area contributed by atoms with E-state index in [1.54, 1.807) is 23.8 Å². The zero-order valence-corrected chi connectivity index (χ0v) is 16.3. The van der Waals surface area contributed by atoms with Gasteiger partial charge in [-0.05, 0) is 36.1 Å². The number of aryl methyl sites for hydroxylation is 1. The van der Waals surface area contributed by atoms with Crippen LogP contribution in [-0.2, 0) is 9.59 Å². The Morgan fingerprint density at radius 1 is 1.00 bits per heavy atom. The van der Waals surface area contributed by atoms with E-state index in [1.807, 2.05) is 49.4 Å². The summed E-state index contributed by atoms with van der Waals surface area (Å²) in [6, 6.07) is 15.6. The van der Waals surface area contributed by atoms with Gasteiger partial charge < -0.3 is 9.80 Å². The SMILES string of the molecule is CC(=O)N(CCC(=O)N(C)c1ccccc1)c1c(C)cccc1C(C)C. The number of rotatable bonds is 6. The third kappa shape index (κ3) is 4.51. The predicted octanol–water partition coefficient (Wildman–Crippen LogP) is 4.52. The normalized spacial score (nSPS) is 10.7. The molecule has 0 aliphatic rings. The molecule has 2 amide bonds. The molecule has 0 heterocycles. The Bertz CT molecular complexity index is 769. The van der Waals surface area contributed by atoms with E-state index in [2.05, 4.69) is 19.9 Å². The second-order valence-corrected chi connectivity index (χ2v) is 6.88. The van der Waals surface area contributed by atoms with Crippen molar-refractivity contribution in [2.24, 2.45) is 0 Å². The van der Waals surface area contributed by atoms with Gasteiger partial charge in [0.05, 0.1) is 0 Å². The largest absolute Gasteiger partial charge is 0.315 e. The molecule has 0 unspecified atom stereocenters. The molecule has 4 nitrogen and oxygen atoms in total. The number of amides is 2. The summed E-state index contributed by atoms with van der Waals surface area (Å²) in [6.45, 7) is 8.17. The molecule has 0 bridgehead atoms. The summed E-state index contributed by atoms with van der Waals surface area (Å²) >= 11 is 0. The van der Waals surface area contributed by atoms with Crippen molar-refractivity contribution < 1.29 is 9.59 Å². The van der Waals surface area contributed by atoms with Gasteiger partial charge in [0.15, 0.2) is 0 Å². The zero-order chi connectivity index (χ0) is 19.3. The topological polar surface area (TPSA) is 40.6 Å². The van der Waals surface area contributed by atoms with Crippen molar-refractivity contribution in [3.05, 3.63) is 59.7 Å². The van der Waals surface area contributed by atoms with Crippen molar-refractivity contribution in [1.29, 1.82) is 0 Å². The Balaban J connectivity index is 2.20. The molecule has 0 atom stereocenters. The van der Waals surface area contributed by atoms with Gasteiger partial charge in [0, 0.05) is 38.3 Å². The van der Waals surface area contributed by atoms with Crippen molar-refractivity contribution in [3.8, 4) is 0 Å². The molecule has 0 N–H and O–H groups in total. The summed E-state index contributed by atoms with van der Waals surface area (Å²) in [7, 11) is 1.77. The summed E-state index contributed by atoms with van der Waals surface area (Å²) in [4.78, 5) is 28.3. The molecule has 4 heteroatoms. The summed E-state index contributed by atoms with van der Waals surface area (Å²) in [6.07, 6.45) is 0.275. The van der Waals surface area contributed by atoms with Crippen molar-refractivity contribution in [2.45, 2.75) is 40.0 Å². The van der Waals surface area contributed by atoms with Crippen LogP contribution in [0.5, 0.6) is 0 Å². The Morgan fingerprint density at radius 2 is 1.65 bits per heavy atom. The first-order valence-corrected chi connectivity index (χ1v) is 9.02. The molecule has 2 rings (SSSR count). The highest BCUT2D eigenvalue weighted by Crippen LogP contribution is 2.31. The van der Waals surface area contributed by atoms with E-state index in [-0.39, 0.29) is 18.2 Å². The maximum absolute atomic E-state index is 12.6. The van der Waals surface area contributed by atoms with Gasteiger partial charge >= 0.3 is 0 Å². The fourth-order valence-electron chi connectivity index (χ4n) is 3.11. The van der Waals surface area contributed by atoms with Crippen LogP contribution in [0.25, 0.3) is 0 Å². The highest BCUT2D eigenvalue weighted by Gasteiger charge is 2.21. The third-order valence-corrected chi connectivity index (χ3v) is 4.61. The highest BCUT2D eigenvalue weighted by molar-refractivity contribution is 5.96. The number of hydrogen-bond acceptors (Lipinski definition) is 2. The van der Waals surface area contributed by atoms with Crippen LogP contribution in [0, 0.1) is 6.92 Å². The van der Waals surface area contributed by atoms with Crippen LogP contribution in [0.15, 0.2) is 48.5 Å². The molecular formula is C22H28N2O2. The van der Waals surface area contributed by atoms with Crippen LogP contribution < -0.4 is 9.80 Å². The molecule has 2 aromatic rings. The molecule has 0 spiro atoms. The molecule has 0 aliphatic heterocycles. The molecule has 0 aromatic heterocycles. The van der Waals surface area contributed by atoms with Crippen molar-refractivity contribution in [1.82, 2.24) is 0 Å². The second kappa shape index (κ2) is 8.65. The lowest BCUT2D eigenvalue weighted by Crippen LogP contribution is -2.35. The number of para-hydroxylation sites is 2. The zero-order valence-electron chi connectivity index (χ0n) is 16.3. The first kappa shape index (κ1) is 19.7. The van der Waals surface area contributed by atoms with E-state index in [0.29, 0.717) is 12.5 Å². The second-order valence-electron chi connectivity index (χ2n) is 6.88. The number of carbonyl (C=O) groups excluding carboxylic acids is 2. The van der Waals surface area contributed by atoms with Crippen molar-refractivity contribution >= 4 is 23.2 Å². The van der Waals surface area contributed by atoms with Crippen LogP contribution >= 0.6 is 0 Å². The van der Waals surface area contributed by atoms with Gasteiger partial charge in [0.25, 0.3) is 0 Å². The molecule has 0 radical (unpaired) electrons. The fourth-order valence-corrected chi connectivity index (χ4v) is 3.11. The number of nitrogens with zero attached hydrogens (tertiary/aromatic N) is 2. The van der Waals surface area contributed by atoms with E-state index in [1.165, 1.54) is 0 Å². The van der Waals surface area contributed by atoms with Gasteiger partial charge in [-0.2, -0.15) is 0 Å². The van der Waals surface area contributed by atoms with Crippen LogP contribution in [0.1, 0.15) is 44.2 Å². The van der Waals surface area contributed by atoms with Gasteiger partial charge in [-0.15, -0.1) is 0 Å². The third-order valence-electron chi connectivity index (χ3n) is 4.61. The summed E-state index contributed by atoms with van der Waals surface area (Å²) < 4.78 is 0. The van der Waals surface area contributed by atoms with Gasteiger partial charge in [0.2, 0.25) is 11.8 Å². The van der Waals surface area contributed by atoms with E-state index < -0.39 is 0 Å². The monoisotopic (exact) mass is 352 g/mol. The number of benzene rings is 2. The van der Waals surface area contributed by atoms with Crippen LogP contribution in [0.2, 0.25) is 0 Å². The Kier molecular flexibility index (Phi) is 6.56. The molecule has 26 heavy (non-hydrogen) atoms. The van der Waals surface area contributed by atoms with Gasteiger partial charge in [-0.1, -0.05) is 50.2 Å². The number of anilines is 2. The van der Waals surface area contributed by atoms with Crippen LogP contribution in [0.4, 0.5) is 11.4 Å². The first-order chi connectivity index (χ1) is 12.3. The minimum absolute atomic E-state index is 0.0119. The maximum atomic E-state index is 12.6. The summed E-state index contributed by atoms with van der Waals surface area (Å²) in [5, 5.41) is 0. The fraction of sp³-hybridized carbons (Fsp3) is 0.364. The minimum Gasteiger partial charge on any atom is -0.315 e. The lowest BCUT2D eigenvalue weighted by atomic mass is 9.97. The lowest BCUT2D eigenvalue weighted by molar-refractivity contribution is -0.118. The molecule has 2 aromatic carbocycles. The average Bonchev–Trinajstić information content (AvgIpc) is 2.62. The van der Waals surface area contributed by atoms with Gasteiger partial charge in [-0.25, -0.2) is 0 Å². The predicted molar refractivity (Wildman–Crippen MR) is 108 cm³/mol. The van der Waals surface area contributed by atoms with E-state index in [9.17, 15) is 9.59 Å². The number of carbonyl (C=O) groups is 2. The molecule has 0 saturated carbocycles. The minimum atomic E-state index is -0.0450. The highest BCUT2D eigenvalue weighted by atomic mass is 16.2. The quantitative estimate of drug-likeness (QED) is 0.767. The Hall–Kier alpha value is -2.62. The Labute approximate surface area is 156 Å². The van der Waals surface area contributed by atoms with Crippen molar-refractivity contribution in [3.63, 3.8) is 0 Å². The molecule has 138 valence electrons. The van der Waals surface area contributed by atoms with Gasteiger partial charge in [0.1, 0.15) is 0 Å². The van der Waals surface area contributed by atoms with E-state index >= 15 is 0 Å². The van der Waals surface area contributed by atoms with Crippen LogP contribution in [0.3, 0.4) is 0 Å². The lowest BCUT2D eigenvalue weighted by Gasteiger charge is -2.28. The molecule has 0 fully saturated rings. The number of hydrogen-bond donors (Lipinski definition) is 0. The van der Waals surface area contributed by atoms with Crippen LogP contribution in [-0.4, -0.2) is 25.4 Å². The standard InChI is InChI=1S/C22H28N2O2/c1-16(2)20-13-9-10-17(3)22(20)24(18(4)25)15-14-21(26)23(5)19-11-7-6-8-12-19/h6-13,16H,14-15H2,1-5H3. The van der Waals surface area contributed by atoms with Gasteiger partial charge in [-0.3, -0.25) is 9.59 Å². The van der Waals surface area contributed by atoms with E-state index in [4.69, 9.17) is 0 Å². The summed E-state index contributed by atoms with van der Waals surface area (Å²) in [5.41, 5.74) is 3.97. The maximum Gasteiger partial charge on any atom is 0.228 e.